The first-order chi connectivity index (χ1) is 5.47. The Balaban J connectivity index is 2.11. The molecule has 1 atom stereocenters. The van der Waals surface area contributed by atoms with Crippen molar-refractivity contribution in [3.05, 3.63) is 36.8 Å². The first-order valence-corrected chi connectivity index (χ1v) is 3.75. The lowest BCUT2D eigenvalue weighted by Gasteiger charge is -2.22. The molecule has 3 heteroatoms. The Morgan fingerprint density at radius 1 is 1.27 bits per heavy atom. The summed E-state index contributed by atoms with van der Waals surface area (Å²) in [6.07, 6.45) is 9.52. The van der Waals surface area contributed by atoms with Crippen LogP contribution in [0.4, 0.5) is 0 Å². The molecule has 58 valence electrons. The zero-order valence-corrected chi connectivity index (χ0v) is 6.20. The van der Waals surface area contributed by atoms with Gasteiger partial charge in [0.15, 0.2) is 0 Å². The Morgan fingerprint density at radius 3 is 2.73 bits per heavy atom. The lowest BCUT2D eigenvalue weighted by Crippen LogP contribution is -2.36. The Labute approximate surface area is 65.7 Å². The Hall–Kier alpha value is -1.22. The fourth-order valence-electron chi connectivity index (χ4n) is 1.21. The lowest BCUT2D eigenvalue weighted by molar-refractivity contribution is 0.363. The number of hydrogen-bond donors (Lipinski definition) is 2. The van der Waals surface area contributed by atoms with Crippen LogP contribution in [-0.4, -0.2) is 4.57 Å². The minimum Gasteiger partial charge on any atom is -0.337 e. The molecular formula is C8H11N3. The van der Waals surface area contributed by atoms with Crippen LogP contribution < -0.4 is 10.9 Å². The summed E-state index contributed by atoms with van der Waals surface area (Å²) in [7, 11) is 0. The SMILES string of the molecule is C1=CNNC(n2cccc2)C1. The normalized spacial score (nSPS) is 23.1. The summed E-state index contributed by atoms with van der Waals surface area (Å²) < 4.78 is 2.14. The number of aromatic nitrogens is 1. The van der Waals surface area contributed by atoms with Crippen LogP contribution in [0, 0.1) is 0 Å². The van der Waals surface area contributed by atoms with Crippen molar-refractivity contribution in [2.75, 3.05) is 0 Å². The van der Waals surface area contributed by atoms with Crippen LogP contribution in [-0.2, 0) is 0 Å². The monoisotopic (exact) mass is 149 g/mol. The highest BCUT2D eigenvalue weighted by molar-refractivity contribution is 4.96. The van der Waals surface area contributed by atoms with Gasteiger partial charge in [-0.2, -0.15) is 0 Å². The molecule has 0 fully saturated rings. The molecule has 0 amide bonds. The van der Waals surface area contributed by atoms with Gasteiger partial charge in [-0.1, -0.05) is 6.08 Å². The zero-order valence-electron chi connectivity index (χ0n) is 6.20. The molecule has 1 aliphatic rings. The third-order valence-electron chi connectivity index (χ3n) is 1.80. The van der Waals surface area contributed by atoms with Gasteiger partial charge in [0, 0.05) is 25.0 Å². The van der Waals surface area contributed by atoms with Crippen LogP contribution in [0.3, 0.4) is 0 Å². The molecule has 0 bridgehead atoms. The Bertz CT molecular complexity index is 238. The molecule has 1 aromatic rings. The van der Waals surface area contributed by atoms with E-state index < -0.39 is 0 Å². The molecule has 3 nitrogen and oxygen atoms in total. The van der Waals surface area contributed by atoms with Gasteiger partial charge in [-0.3, -0.25) is 0 Å². The summed E-state index contributed by atoms with van der Waals surface area (Å²) in [5.74, 6) is 0. The van der Waals surface area contributed by atoms with Crippen LogP contribution >= 0.6 is 0 Å². The van der Waals surface area contributed by atoms with Gasteiger partial charge in [-0.15, -0.1) is 0 Å². The largest absolute Gasteiger partial charge is 0.337 e. The number of hydrogen-bond acceptors (Lipinski definition) is 2. The fraction of sp³-hybridized carbons (Fsp3) is 0.250. The van der Waals surface area contributed by atoms with Gasteiger partial charge < -0.3 is 9.99 Å². The lowest BCUT2D eigenvalue weighted by atomic mass is 10.3. The Kier molecular flexibility index (Phi) is 1.65. The molecule has 1 aromatic heterocycles. The van der Waals surface area contributed by atoms with E-state index in [0.717, 1.165) is 6.42 Å². The van der Waals surface area contributed by atoms with Crippen molar-refractivity contribution in [2.24, 2.45) is 0 Å². The topological polar surface area (TPSA) is 29.0 Å². The summed E-state index contributed by atoms with van der Waals surface area (Å²) in [6, 6.07) is 4.06. The molecule has 0 saturated carbocycles. The standard InChI is InChI=1S/C8H11N3/c1-2-7-11(6-1)8-4-3-5-9-10-8/h1-3,5-10H,4H2. The summed E-state index contributed by atoms with van der Waals surface area (Å²) in [4.78, 5) is 0. The van der Waals surface area contributed by atoms with Crippen molar-refractivity contribution in [3.8, 4) is 0 Å². The molecular weight excluding hydrogens is 138 g/mol. The maximum Gasteiger partial charge on any atom is 0.104 e. The molecule has 0 radical (unpaired) electrons. The van der Waals surface area contributed by atoms with E-state index in [1.165, 1.54) is 0 Å². The average Bonchev–Trinajstić information content (AvgIpc) is 2.58. The Morgan fingerprint density at radius 2 is 2.09 bits per heavy atom. The third-order valence-corrected chi connectivity index (χ3v) is 1.80. The first-order valence-electron chi connectivity index (χ1n) is 3.75. The predicted octanol–water partition coefficient (Wildman–Crippen LogP) is 0.998. The van der Waals surface area contributed by atoms with Crippen LogP contribution in [0.15, 0.2) is 36.8 Å². The van der Waals surface area contributed by atoms with Gasteiger partial charge >= 0.3 is 0 Å². The molecule has 0 aliphatic carbocycles. The van der Waals surface area contributed by atoms with E-state index in [9.17, 15) is 0 Å². The molecule has 2 N–H and O–H groups in total. The van der Waals surface area contributed by atoms with Crippen LogP contribution in [0.25, 0.3) is 0 Å². The van der Waals surface area contributed by atoms with E-state index in [-0.39, 0.29) is 0 Å². The molecule has 1 unspecified atom stereocenters. The molecule has 1 aliphatic heterocycles. The minimum absolute atomic E-state index is 0.356. The van der Waals surface area contributed by atoms with Gasteiger partial charge in [0.2, 0.25) is 0 Å². The van der Waals surface area contributed by atoms with Crippen molar-refractivity contribution < 1.29 is 0 Å². The first kappa shape index (κ1) is 6.49. The minimum atomic E-state index is 0.356. The van der Waals surface area contributed by atoms with E-state index in [1.54, 1.807) is 0 Å². The quantitative estimate of drug-likeness (QED) is 0.623. The zero-order chi connectivity index (χ0) is 7.52. The van der Waals surface area contributed by atoms with E-state index in [4.69, 9.17) is 0 Å². The summed E-state index contributed by atoms with van der Waals surface area (Å²) >= 11 is 0. The second-order valence-corrected chi connectivity index (χ2v) is 2.57. The average molecular weight is 149 g/mol. The van der Waals surface area contributed by atoms with E-state index in [2.05, 4.69) is 33.9 Å². The van der Waals surface area contributed by atoms with Gasteiger partial charge in [-0.25, -0.2) is 5.43 Å². The van der Waals surface area contributed by atoms with E-state index in [1.807, 2.05) is 18.3 Å². The molecule has 11 heavy (non-hydrogen) atoms. The molecule has 2 heterocycles. The highest BCUT2D eigenvalue weighted by Crippen LogP contribution is 2.09. The van der Waals surface area contributed by atoms with Gasteiger partial charge in [0.05, 0.1) is 0 Å². The second-order valence-electron chi connectivity index (χ2n) is 2.57. The van der Waals surface area contributed by atoms with Crippen LogP contribution in [0.5, 0.6) is 0 Å². The smallest absolute Gasteiger partial charge is 0.104 e. The van der Waals surface area contributed by atoms with E-state index >= 15 is 0 Å². The summed E-state index contributed by atoms with van der Waals surface area (Å²) in [5, 5.41) is 0. The highest BCUT2D eigenvalue weighted by Gasteiger charge is 2.07. The van der Waals surface area contributed by atoms with Crippen LogP contribution in [0.1, 0.15) is 12.6 Å². The van der Waals surface area contributed by atoms with Crippen molar-refractivity contribution in [2.45, 2.75) is 12.6 Å². The van der Waals surface area contributed by atoms with Crippen LogP contribution in [0.2, 0.25) is 0 Å². The number of rotatable bonds is 1. The molecule has 0 aromatic carbocycles. The number of nitrogens with zero attached hydrogens (tertiary/aromatic N) is 1. The number of hydrazine groups is 1. The molecule has 0 spiro atoms. The summed E-state index contributed by atoms with van der Waals surface area (Å²) in [6.45, 7) is 0. The van der Waals surface area contributed by atoms with Crippen molar-refractivity contribution in [1.29, 1.82) is 0 Å². The van der Waals surface area contributed by atoms with E-state index in [0.29, 0.717) is 6.17 Å². The van der Waals surface area contributed by atoms with Gasteiger partial charge in [0.25, 0.3) is 0 Å². The molecule has 0 saturated heterocycles. The number of nitrogens with one attached hydrogen (secondary N) is 2. The maximum atomic E-state index is 3.15. The predicted molar refractivity (Wildman–Crippen MR) is 43.5 cm³/mol. The molecule has 2 rings (SSSR count). The third kappa shape index (κ3) is 1.28. The maximum absolute atomic E-state index is 3.15. The van der Waals surface area contributed by atoms with Gasteiger partial charge in [-0.05, 0) is 12.1 Å². The summed E-state index contributed by atoms with van der Waals surface area (Å²) in [5.41, 5.74) is 6.12. The van der Waals surface area contributed by atoms with Crippen molar-refractivity contribution in [1.82, 2.24) is 15.4 Å². The van der Waals surface area contributed by atoms with Crippen molar-refractivity contribution in [3.63, 3.8) is 0 Å². The van der Waals surface area contributed by atoms with Crippen molar-refractivity contribution >= 4 is 0 Å². The highest BCUT2D eigenvalue weighted by atomic mass is 15.4. The second kappa shape index (κ2) is 2.80. The fourth-order valence-corrected chi connectivity index (χ4v) is 1.21. The van der Waals surface area contributed by atoms with Gasteiger partial charge in [0.1, 0.15) is 6.17 Å².